The van der Waals surface area contributed by atoms with Crippen molar-refractivity contribution >= 4 is 54.1 Å². The third-order valence-corrected chi connectivity index (χ3v) is 13.9. The third kappa shape index (κ3) is 6.07. The Morgan fingerprint density at radius 2 is 0.952 bits per heavy atom. The highest BCUT2D eigenvalue weighted by molar-refractivity contribution is 6.21. The number of aromatic nitrogens is 4. The summed E-state index contributed by atoms with van der Waals surface area (Å²) in [6.45, 7) is 9.67. The fourth-order valence-corrected chi connectivity index (χ4v) is 10.4. The van der Waals surface area contributed by atoms with Crippen LogP contribution in [0.15, 0.2) is 182 Å². The molecular formula is C59H46N4. The van der Waals surface area contributed by atoms with Crippen molar-refractivity contribution < 1.29 is 0 Å². The zero-order valence-electron chi connectivity index (χ0n) is 36.0. The van der Waals surface area contributed by atoms with Gasteiger partial charge in [-0.3, -0.25) is 0 Å². The van der Waals surface area contributed by atoms with E-state index in [4.69, 9.17) is 15.0 Å². The summed E-state index contributed by atoms with van der Waals surface area (Å²) in [6.07, 6.45) is 2.32. The van der Waals surface area contributed by atoms with Crippen molar-refractivity contribution in [2.24, 2.45) is 0 Å². The van der Waals surface area contributed by atoms with Gasteiger partial charge in [0.15, 0.2) is 17.5 Å². The average molecular weight is 811 g/mol. The van der Waals surface area contributed by atoms with E-state index in [1.54, 1.807) is 0 Å². The van der Waals surface area contributed by atoms with Crippen molar-refractivity contribution in [2.75, 3.05) is 0 Å². The van der Waals surface area contributed by atoms with Gasteiger partial charge in [-0.25, -0.2) is 15.0 Å². The summed E-state index contributed by atoms with van der Waals surface area (Å²) in [5, 5.41) is 9.75. The summed E-state index contributed by atoms with van der Waals surface area (Å²) in [4.78, 5) is 16.0. The molecule has 0 spiro atoms. The highest BCUT2D eigenvalue weighted by Gasteiger charge is 2.38. The van der Waals surface area contributed by atoms with Crippen LogP contribution >= 0.6 is 0 Å². The molecule has 302 valence electrons. The van der Waals surface area contributed by atoms with Crippen LogP contribution in [0.3, 0.4) is 0 Å². The van der Waals surface area contributed by atoms with Crippen molar-refractivity contribution in [3.8, 4) is 51.0 Å². The maximum Gasteiger partial charge on any atom is 0.164 e. The molecule has 1 aliphatic rings. The monoisotopic (exact) mass is 810 g/mol. The molecule has 2 aromatic heterocycles. The number of fused-ring (bicyclic) bond motifs is 9. The van der Waals surface area contributed by atoms with Gasteiger partial charge in [-0.1, -0.05) is 167 Å². The minimum absolute atomic E-state index is 0.0622. The average Bonchev–Trinajstić information content (AvgIpc) is 3.67. The minimum Gasteiger partial charge on any atom is -0.309 e. The van der Waals surface area contributed by atoms with Crippen LogP contribution in [0.4, 0.5) is 0 Å². The minimum atomic E-state index is 0.0622. The van der Waals surface area contributed by atoms with Gasteiger partial charge < -0.3 is 4.57 Å². The van der Waals surface area contributed by atoms with Gasteiger partial charge in [0, 0.05) is 33.2 Å². The molecule has 0 aliphatic heterocycles. The summed E-state index contributed by atoms with van der Waals surface area (Å²) in [5.74, 6) is 1.91. The lowest BCUT2D eigenvalue weighted by Gasteiger charge is -2.42. The summed E-state index contributed by atoms with van der Waals surface area (Å²) < 4.78 is 2.47. The SMILES string of the molecule is CC1(C)CCC(C)(C)c2cc3c(cc21)c1c2ccccc2ccc1n3-c1cccc(-c2nc(-c3cccc(-c4ccccc4)c3)nc(-c3cc4ccccc4c4ccccc34)n2)c1. The molecule has 11 aromatic rings. The summed E-state index contributed by atoms with van der Waals surface area (Å²) in [5.41, 5.74) is 11.7. The highest BCUT2D eigenvalue weighted by Crippen LogP contribution is 2.49. The first-order valence-electron chi connectivity index (χ1n) is 22.1. The van der Waals surface area contributed by atoms with E-state index >= 15 is 0 Å². The maximum absolute atomic E-state index is 5.39. The summed E-state index contributed by atoms with van der Waals surface area (Å²) in [7, 11) is 0. The van der Waals surface area contributed by atoms with E-state index in [1.807, 2.05) is 0 Å². The predicted octanol–water partition coefficient (Wildman–Crippen LogP) is 15.4. The Morgan fingerprint density at radius 3 is 1.71 bits per heavy atom. The molecule has 1 aliphatic carbocycles. The van der Waals surface area contributed by atoms with E-state index in [9.17, 15) is 0 Å². The van der Waals surface area contributed by atoms with Gasteiger partial charge >= 0.3 is 0 Å². The molecule has 0 bridgehead atoms. The lowest BCUT2D eigenvalue weighted by molar-refractivity contribution is 0.332. The molecule has 0 unspecified atom stereocenters. The Bertz CT molecular complexity index is 3630. The zero-order valence-corrected chi connectivity index (χ0v) is 36.0. The molecule has 0 saturated carbocycles. The highest BCUT2D eigenvalue weighted by atomic mass is 15.0. The van der Waals surface area contributed by atoms with Crippen LogP contribution in [-0.2, 0) is 10.8 Å². The van der Waals surface area contributed by atoms with Gasteiger partial charge in [0.2, 0.25) is 0 Å². The maximum atomic E-state index is 5.39. The van der Waals surface area contributed by atoms with Crippen molar-refractivity contribution in [1.29, 1.82) is 0 Å². The van der Waals surface area contributed by atoms with Gasteiger partial charge in [0.1, 0.15) is 0 Å². The normalized spacial score (nSPS) is 14.5. The van der Waals surface area contributed by atoms with E-state index in [1.165, 1.54) is 60.9 Å². The van der Waals surface area contributed by atoms with E-state index < -0.39 is 0 Å². The lowest BCUT2D eigenvalue weighted by atomic mass is 9.63. The number of benzene rings is 9. The van der Waals surface area contributed by atoms with Gasteiger partial charge in [-0.15, -0.1) is 0 Å². The van der Waals surface area contributed by atoms with E-state index in [2.05, 4.69) is 214 Å². The zero-order chi connectivity index (χ0) is 42.5. The second kappa shape index (κ2) is 14.1. The Balaban J connectivity index is 1.11. The number of nitrogens with zero attached hydrogens (tertiary/aromatic N) is 4. The Kier molecular flexibility index (Phi) is 8.33. The number of hydrogen-bond acceptors (Lipinski definition) is 3. The topological polar surface area (TPSA) is 43.6 Å². The number of hydrogen-bond donors (Lipinski definition) is 0. The second-order valence-electron chi connectivity index (χ2n) is 18.7. The molecule has 0 radical (unpaired) electrons. The van der Waals surface area contributed by atoms with Crippen molar-refractivity contribution in [3.05, 3.63) is 193 Å². The molecule has 0 saturated heterocycles. The van der Waals surface area contributed by atoms with Crippen LogP contribution in [-0.4, -0.2) is 19.5 Å². The van der Waals surface area contributed by atoms with E-state index in [0.717, 1.165) is 50.7 Å². The summed E-state index contributed by atoms with van der Waals surface area (Å²) in [6, 6.07) is 65.7. The molecule has 63 heavy (non-hydrogen) atoms. The molecule has 0 amide bonds. The second-order valence-corrected chi connectivity index (χ2v) is 18.7. The summed E-state index contributed by atoms with van der Waals surface area (Å²) >= 11 is 0. The fraction of sp³-hybridized carbons (Fsp3) is 0.136. The smallest absolute Gasteiger partial charge is 0.164 e. The van der Waals surface area contributed by atoms with Gasteiger partial charge in [0.05, 0.1) is 11.0 Å². The van der Waals surface area contributed by atoms with Crippen LogP contribution in [0, 0.1) is 0 Å². The van der Waals surface area contributed by atoms with E-state index in [0.29, 0.717) is 17.5 Å². The van der Waals surface area contributed by atoms with Crippen LogP contribution in [0.2, 0.25) is 0 Å². The van der Waals surface area contributed by atoms with E-state index in [-0.39, 0.29) is 10.8 Å². The Morgan fingerprint density at radius 1 is 0.381 bits per heavy atom. The third-order valence-electron chi connectivity index (χ3n) is 13.9. The molecule has 9 aromatic carbocycles. The molecule has 0 N–H and O–H groups in total. The van der Waals surface area contributed by atoms with Gasteiger partial charge in [-0.2, -0.15) is 0 Å². The van der Waals surface area contributed by atoms with Crippen molar-refractivity contribution in [2.45, 2.75) is 51.4 Å². The largest absolute Gasteiger partial charge is 0.309 e. The molecule has 2 heterocycles. The van der Waals surface area contributed by atoms with Gasteiger partial charge in [0.25, 0.3) is 0 Å². The van der Waals surface area contributed by atoms with Crippen molar-refractivity contribution in [3.63, 3.8) is 0 Å². The van der Waals surface area contributed by atoms with Crippen LogP contribution in [0.1, 0.15) is 51.7 Å². The van der Waals surface area contributed by atoms with Crippen LogP contribution in [0.25, 0.3) is 105 Å². The molecule has 4 heteroatoms. The first kappa shape index (κ1) is 37.3. The first-order chi connectivity index (χ1) is 30.7. The number of rotatable bonds is 5. The molecule has 0 fully saturated rings. The molecular weight excluding hydrogens is 765 g/mol. The fourth-order valence-electron chi connectivity index (χ4n) is 10.4. The van der Waals surface area contributed by atoms with Crippen LogP contribution < -0.4 is 0 Å². The molecule has 0 atom stereocenters. The van der Waals surface area contributed by atoms with Crippen LogP contribution in [0.5, 0.6) is 0 Å². The van der Waals surface area contributed by atoms with Crippen molar-refractivity contribution in [1.82, 2.24) is 19.5 Å². The Labute approximate surface area is 367 Å². The molecule has 4 nitrogen and oxygen atoms in total. The standard InChI is InChI=1S/C59H46N4/c1-58(2)30-31-59(3,4)51-36-53-49(35-50(51)58)54-45-25-11-8-18-38(45)28-29-52(54)63(53)43-23-15-22-42(33-43)56-60-55(41-21-14-20-39(32-41)37-16-6-5-7-17-37)61-57(62-56)48-34-40-19-9-10-24-44(40)46-26-12-13-27-47(46)48/h5-29,32-36H,30-31H2,1-4H3. The van der Waals surface area contributed by atoms with Gasteiger partial charge in [-0.05, 0) is 121 Å². The first-order valence-corrected chi connectivity index (χ1v) is 22.1. The Hall–Kier alpha value is -7.43. The molecule has 12 rings (SSSR count). The quantitative estimate of drug-likeness (QED) is 0.163. The lowest BCUT2D eigenvalue weighted by Crippen LogP contribution is -2.33. The predicted molar refractivity (Wildman–Crippen MR) is 264 cm³/mol.